The predicted octanol–water partition coefficient (Wildman–Crippen LogP) is 0.0340. The molecule has 5 nitrogen and oxygen atoms in total. The van der Waals surface area contributed by atoms with Crippen molar-refractivity contribution in [2.45, 2.75) is 19.1 Å². The second-order valence-electron chi connectivity index (χ2n) is 2.97. The van der Waals surface area contributed by atoms with Gasteiger partial charge in [0.15, 0.2) is 15.1 Å². The minimum Gasteiger partial charge on any atom is -0.480 e. The minimum atomic E-state index is -3.83. The van der Waals surface area contributed by atoms with E-state index in [0.717, 1.165) is 0 Å². The summed E-state index contributed by atoms with van der Waals surface area (Å²) in [5, 5.41) is 15.3. The Kier molecular flexibility index (Phi) is 3.88. The van der Waals surface area contributed by atoms with Crippen molar-refractivity contribution >= 4 is 15.8 Å². The van der Waals surface area contributed by atoms with E-state index in [-0.39, 0.29) is 0 Å². The number of rotatable bonds is 4. The molecule has 1 atom stereocenters. The third kappa shape index (κ3) is 3.03. The Hall–Kier alpha value is -1.09. The fraction of sp³-hybridized carbons (Fsp3) is 0.714. The summed E-state index contributed by atoms with van der Waals surface area (Å²) in [6.07, 6.45) is 0. The molecule has 0 radical (unpaired) electrons. The molecule has 0 saturated carbocycles. The molecule has 0 bridgehead atoms. The van der Waals surface area contributed by atoms with Gasteiger partial charge in [0.2, 0.25) is 0 Å². The van der Waals surface area contributed by atoms with Crippen molar-refractivity contribution in [2.75, 3.05) is 5.75 Å². The van der Waals surface area contributed by atoms with Crippen LogP contribution in [0.4, 0.5) is 0 Å². The van der Waals surface area contributed by atoms with Gasteiger partial charge in [0.1, 0.15) is 5.75 Å². The van der Waals surface area contributed by atoms with Gasteiger partial charge in [0.25, 0.3) is 0 Å². The van der Waals surface area contributed by atoms with E-state index in [4.69, 9.17) is 10.4 Å². The molecule has 0 aromatic rings. The van der Waals surface area contributed by atoms with Crippen LogP contribution in [0.15, 0.2) is 0 Å². The first-order valence-corrected chi connectivity index (χ1v) is 5.35. The van der Waals surface area contributed by atoms with Crippen molar-refractivity contribution in [3.05, 3.63) is 0 Å². The smallest absolute Gasteiger partial charge is 0.322 e. The van der Waals surface area contributed by atoms with E-state index in [1.165, 1.54) is 19.9 Å². The first-order chi connectivity index (χ1) is 5.83. The maximum atomic E-state index is 11.2. The highest BCUT2D eigenvalue weighted by atomic mass is 32.2. The molecular weight excluding hydrogens is 194 g/mol. The van der Waals surface area contributed by atoms with Crippen LogP contribution in [0.5, 0.6) is 0 Å². The largest absolute Gasteiger partial charge is 0.480 e. The van der Waals surface area contributed by atoms with Gasteiger partial charge >= 0.3 is 5.97 Å². The molecule has 0 saturated heterocycles. The van der Waals surface area contributed by atoms with Gasteiger partial charge in [-0.2, -0.15) is 5.26 Å². The third-order valence-electron chi connectivity index (χ3n) is 1.50. The number of carbonyl (C=O) groups is 1. The molecule has 0 aliphatic carbocycles. The van der Waals surface area contributed by atoms with E-state index >= 15 is 0 Å². The fourth-order valence-electron chi connectivity index (χ4n) is 1.03. The summed E-state index contributed by atoms with van der Waals surface area (Å²) in [6, 6.07) is 1.45. The molecule has 0 amide bonds. The van der Waals surface area contributed by atoms with Gasteiger partial charge in [-0.3, -0.25) is 4.79 Å². The lowest BCUT2D eigenvalue weighted by molar-refractivity contribution is -0.137. The van der Waals surface area contributed by atoms with Crippen LogP contribution in [0.3, 0.4) is 0 Å². The zero-order chi connectivity index (χ0) is 10.6. The SMILES string of the molecule is CC(C)C(C(=O)O)S(=O)(=O)CC#N. The molecule has 0 aromatic heterocycles. The molecule has 0 aromatic carbocycles. The predicted molar refractivity (Wildman–Crippen MR) is 45.7 cm³/mol. The zero-order valence-electron chi connectivity index (χ0n) is 7.39. The minimum absolute atomic E-state index is 0.532. The van der Waals surface area contributed by atoms with Crippen LogP contribution in [0, 0.1) is 17.2 Å². The lowest BCUT2D eigenvalue weighted by atomic mass is 10.1. The van der Waals surface area contributed by atoms with Gasteiger partial charge in [-0.15, -0.1) is 0 Å². The lowest BCUT2D eigenvalue weighted by Gasteiger charge is -2.14. The topological polar surface area (TPSA) is 95.2 Å². The molecule has 0 heterocycles. The van der Waals surface area contributed by atoms with Gasteiger partial charge in [-0.25, -0.2) is 8.42 Å². The Bertz CT molecular complexity index is 325. The van der Waals surface area contributed by atoms with Crippen LogP contribution in [0.2, 0.25) is 0 Å². The molecule has 0 spiro atoms. The summed E-state index contributed by atoms with van der Waals surface area (Å²) in [7, 11) is -3.83. The van der Waals surface area contributed by atoms with Gasteiger partial charge in [-0.05, 0) is 5.92 Å². The number of carboxylic acids is 1. The number of sulfone groups is 1. The van der Waals surface area contributed by atoms with E-state index in [9.17, 15) is 13.2 Å². The van der Waals surface area contributed by atoms with E-state index in [1.807, 2.05) is 0 Å². The molecular formula is C7H11NO4S. The number of carboxylic acid groups (broad SMARTS) is 1. The normalized spacial score (nSPS) is 13.7. The zero-order valence-corrected chi connectivity index (χ0v) is 8.21. The van der Waals surface area contributed by atoms with Gasteiger partial charge in [-0.1, -0.05) is 13.8 Å². The summed E-state index contributed by atoms with van der Waals surface area (Å²) in [5.74, 6) is -2.68. The van der Waals surface area contributed by atoms with E-state index in [1.54, 1.807) is 0 Å². The second kappa shape index (κ2) is 4.23. The molecule has 13 heavy (non-hydrogen) atoms. The van der Waals surface area contributed by atoms with Crippen LogP contribution in [0.25, 0.3) is 0 Å². The monoisotopic (exact) mass is 205 g/mol. The molecule has 0 aliphatic rings. The van der Waals surface area contributed by atoms with Crippen LogP contribution in [0.1, 0.15) is 13.8 Å². The molecule has 1 N–H and O–H groups in total. The number of nitriles is 1. The maximum absolute atomic E-state index is 11.2. The van der Waals surface area contributed by atoms with Gasteiger partial charge in [0.05, 0.1) is 6.07 Å². The number of aliphatic carboxylic acids is 1. The number of hydrogen-bond acceptors (Lipinski definition) is 4. The van der Waals surface area contributed by atoms with Crippen LogP contribution >= 0.6 is 0 Å². The van der Waals surface area contributed by atoms with E-state index in [0.29, 0.717) is 0 Å². The summed E-state index contributed by atoms with van der Waals surface area (Å²) < 4.78 is 22.4. The average Bonchev–Trinajstić information content (AvgIpc) is 1.82. The van der Waals surface area contributed by atoms with Gasteiger partial charge < -0.3 is 5.11 Å². The molecule has 0 rings (SSSR count). The average molecular weight is 205 g/mol. The summed E-state index contributed by atoms with van der Waals surface area (Å²) >= 11 is 0. The van der Waals surface area contributed by atoms with Crippen molar-refractivity contribution in [1.82, 2.24) is 0 Å². The Morgan fingerprint density at radius 3 is 2.23 bits per heavy atom. The number of nitrogens with zero attached hydrogens (tertiary/aromatic N) is 1. The van der Waals surface area contributed by atoms with Crippen molar-refractivity contribution in [1.29, 1.82) is 5.26 Å². The summed E-state index contributed by atoms with van der Waals surface area (Å²) in [6.45, 7) is 2.99. The van der Waals surface area contributed by atoms with Crippen molar-refractivity contribution in [3.8, 4) is 6.07 Å². The van der Waals surface area contributed by atoms with E-state index in [2.05, 4.69) is 0 Å². The fourth-order valence-corrected chi connectivity index (χ4v) is 2.53. The highest BCUT2D eigenvalue weighted by Gasteiger charge is 2.34. The van der Waals surface area contributed by atoms with Crippen molar-refractivity contribution in [2.24, 2.45) is 5.92 Å². The Morgan fingerprint density at radius 1 is 1.54 bits per heavy atom. The number of hydrogen-bond donors (Lipinski definition) is 1. The molecule has 1 unspecified atom stereocenters. The van der Waals surface area contributed by atoms with Gasteiger partial charge in [0, 0.05) is 0 Å². The van der Waals surface area contributed by atoms with Crippen LogP contribution in [-0.2, 0) is 14.6 Å². The third-order valence-corrected chi connectivity index (χ3v) is 3.55. The van der Waals surface area contributed by atoms with Crippen LogP contribution in [-0.4, -0.2) is 30.5 Å². The Labute approximate surface area is 76.9 Å². The highest BCUT2D eigenvalue weighted by molar-refractivity contribution is 7.93. The maximum Gasteiger partial charge on any atom is 0.322 e. The first-order valence-electron chi connectivity index (χ1n) is 3.64. The second-order valence-corrected chi connectivity index (χ2v) is 5.09. The Morgan fingerprint density at radius 2 is 2.00 bits per heavy atom. The summed E-state index contributed by atoms with van der Waals surface area (Å²) in [4.78, 5) is 10.6. The van der Waals surface area contributed by atoms with E-state index < -0.39 is 32.7 Å². The molecule has 6 heteroatoms. The lowest BCUT2D eigenvalue weighted by Crippen LogP contribution is -2.36. The van der Waals surface area contributed by atoms with Crippen molar-refractivity contribution < 1.29 is 18.3 Å². The summed E-state index contributed by atoms with van der Waals surface area (Å²) in [5.41, 5.74) is 0. The molecule has 0 aliphatic heterocycles. The standard InChI is InChI=1S/C7H11NO4S/c1-5(2)6(7(9)10)13(11,12)4-3-8/h5-6H,4H2,1-2H3,(H,9,10). The van der Waals surface area contributed by atoms with Crippen LogP contribution < -0.4 is 0 Å². The molecule has 0 fully saturated rings. The quantitative estimate of drug-likeness (QED) is 0.698. The first kappa shape index (κ1) is 11.9. The Balaban J connectivity index is 4.99. The highest BCUT2D eigenvalue weighted by Crippen LogP contribution is 2.13. The van der Waals surface area contributed by atoms with Crippen molar-refractivity contribution in [3.63, 3.8) is 0 Å². The molecule has 74 valence electrons.